The van der Waals surface area contributed by atoms with Crippen LogP contribution in [0.25, 0.3) is 0 Å². The molecule has 3 aliphatic rings. The smallest absolute Gasteiger partial charge is 0.285 e. The minimum atomic E-state index is -3.67. The molecule has 1 N–H and O–H groups in total. The third-order valence-electron chi connectivity index (χ3n) is 6.31. The number of nitrogens with one attached hydrogen (secondary N) is 1. The molecule has 0 bridgehead atoms. The van der Waals surface area contributed by atoms with E-state index in [2.05, 4.69) is 20.7 Å². The number of sulfonamides is 1. The fourth-order valence-corrected chi connectivity index (χ4v) is 5.98. The lowest BCUT2D eigenvalue weighted by atomic mass is 9.96. The van der Waals surface area contributed by atoms with Crippen molar-refractivity contribution < 1.29 is 13.2 Å². The normalized spacial score (nSPS) is 22.2. The van der Waals surface area contributed by atoms with Crippen molar-refractivity contribution >= 4 is 33.1 Å². The second kappa shape index (κ2) is 8.00. The van der Waals surface area contributed by atoms with Gasteiger partial charge in [-0.25, -0.2) is 0 Å². The van der Waals surface area contributed by atoms with E-state index in [0.717, 1.165) is 37.3 Å². The molecule has 2 aromatic rings. The fraction of sp³-hybridized carbons (Fsp3) is 0.391. The van der Waals surface area contributed by atoms with Gasteiger partial charge in [-0.05, 0) is 49.9 Å². The van der Waals surface area contributed by atoms with E-state index in [1.807, 2.05) is 29.2 Å². The molecule has 31 heavy (non-hydrogen) atoms. The number of hydrogen-bond acceptors (Lipinski definition) is 5. The maximum atomic E-state index is 13.2. The molecule has 0 aliphatic carbocycles. The van der Waals surface area contributed by atoms with E-state index in [1.54, 1.807) is 18.2 Å². The molecule has 1 atom stereocenters. The number of hydrogen-bond donors (Lipinski definition) is 1. The fourth-order valence-electron chi connectivity index (χ4n) is 4.75. The molecule has 1 unspecified atom stereocenters. The highest BCUT2D eigenvalue weighted by atomic mass is 32.2. The van der Waals surface area contributed by atoms with Crippen LogP contribution in [-0.2, 0) is 14.8 Å². The molecule has 2 aromatic carbocycles. The van der Waals surface area contributed by atoms with E-state index in [1.165, 1.54) is 12.8 Å². The Bertz CT molecular complexity index is 1140. The van der Waals surface area contributed by atoms with Gasteiger partial charge in [0.25, 0.3) is 10.0 Å². The highest BCUT2D eigenvalue weighted by molar-refractivity contribution is 7.90. The summed E-state index contributed by atoms with van der Waals surface area (Å²) in [5.41, 5.74) is 2.54. The van der Waals surface area contributed by atoms with E-state index in [4.69, 9.17) is 0 Å². The Morgan fingerprint density at radius 2 is 1.65 bits per heavy atom. The zero-order valence-corrected chi connectivity index (χ0v) is 18.1. The summed E-state index contributed by atoms with van der Waals surface area (Å²) in [5, 5.41) is 3.14. The van der Waals surface area contributed by atoms with Crippen LogP contribution in [-0.4, -0.2) is 51.2 Å². The van der Waals surface area contributed by atoms with Crippen molar-refractivity contribution in [1.29, 1.82) is 0 Å². The van der Waals surface area contributed by atoms with E-state index in [9.17, 15) is 13.2 Å². The Morgan fingerprint density at radius 1 is 0.935 bits per heavy atom. The van der Waals surface area contributed by atoms with Crippen LogP contribution in [0.1, 0.15) is 31.2 Å². The van der Waals surface area contributed by atoms with Gasteiger partial charge in [-0.3, -0.25) is 4.79 Å². The number of benzene rings is 2. The molecule has 3 heterocycles. The predicted molar refractivity (Wildman–Crippen MR) is 121 cm³/mol. The molecule has 2 saturated heterocycles. The van der Waals surface area contributed by atoms with Crippen molar-refractivity contribution in [1.82, 2.24) is 4.90 Å². The van der Waals surface area contributed by atoms with Gasteiger partial charge in [0.2, 0.25) is 5.91 Å². The molecule has 0 radical (unpaired) electrons. The maximum absolute atomic E-state index is 13.2. The molecule has 0 aromatic heterocycles. The van der Waals surface area contributed by atoms with E-state index in [0.29, 0.717) is 24.5 Å². The molecule has 2 fully saturated rings. The maximum Gasteiger partial charge on any atom is 0.285 e. The summed E-state index contributed by atoms with van der Waals surface area (Å²) in [4.78, 5) is 17.7. The van der Waals surface area contributed by atoms with Gasteiger partial charge in [0.15, 0.2) is 5.84 Å². The minimum absolute atomic E-state index is 0.0221. The number of anilines is 2. The van der Waals surface area contributed by atoms with Crippen LogP contribution in [0.2, 0.25) is 0 Å². The van der Waals surface area contributed by atoms with Crippen molar-refractivity contribution in [2.24, 2.45) is 10.3 Å². The Kier molecular flexibility index (Phi) is 5.17. The summed E-state index contributed by atoms with van der Waals surface area (Å²) in [6.07, 6.45) is 3.93. The number of carbonyl (C=O) groups is 1. The molecule has 0 saturated carbocycles. The van der Waals surface area contributed by atoms with Gasteiger partial charge >= 0.3 is 0 Å². The van der Waals surface area contributed by atoms with Gasteiger partial charge in [0, 0.05) is 31.7 Å². The van der Waals surface area contributed by atoms with E-state index in [-0.39, 0.29) is 16.7 Å². The van der Waals surface area contributed by atoms with Crippen LogP contribution in [0.4, 0.5) is 11.4 Å². The summed E-state index contributed by atoms with van der Waals surface area (Å²) in [5.74, 6) is 0.218. The topological polar surface area (TPSA) is 82.1 Å². The molecule has 0 spiro atoms. The molecule has 8 heteroatoms. The second-order valence-electron chi connectivity index (χ2n) is 8.37. The predicted octanol–water partition coefficient (Wildman–Crippen LogP) is 3.09. The number of fused-ring (bicyclic) bond motifs is 1. The van der Waals surface area contributed by atoms with Crippen LogP contribution in [0, 0.1) is 5.92 Å². The van der Waals surface area contributed by atoms with E-state index < -0.39 is 10.0 Å². The summed E-state index contributed by atoms with van der Waals surface area (Å²) >= 11 is 0. The van der Waals surface area contributed by atoms with Gasteiger partial charge in [-0.1, -0.05) is 24.3 Å². The third kappa shape index (κ3) is 3.80. The van der Waals surface area contributed by atoms with Crippen molar-refractivity contribution in [2.75, 3.05) is 36.4 Å². The van der Waals surface area contributed by atoms with Gasteiger partial charge in [0.1, 0.15) is 4.90 Å². The molecule has 3 aliphatic heterocycles. The second-order valence-corrected chi connectivity index (χ2v) is 9.94. The number of carbonyl (C=O) groups excluding carboxylic acids is 1. The first-order valence-corrected chi connectivity index (χ1v) is 12.3. The van der Waals surface area contributed by atoms with Gasteiger partial charge in [-0.15, -0.1) is 4.40 Å². The average molecular weight is 439 g/mol. The van der Waals surface area contributed by atoms with Crippen LogP contribution in [0.3, 0.4) is 0 Å². The van der Waals surface area contributed by atoms with Crippen LogP contribution in [0.15, 0.2) is 57.8 Å². The molecular formula is C23H26N4O3S. The minimum Gasteiger partial charge on any atom is -0.370 e. The Balaban J connectivity index is 1.34. The van der Waals surface area contributed by atoms with Gasteiger partial charge < -0.3 is 15.1 Å². The van der Waals surface area contributed by atoms with Crippen molar-refractivity contribution in [3.63, 3.8) is 0 Å². The lowest BCUT2D eigenvalue weighted by molar-refractivity contribution is -0.121. The SMILES string of the molecule is O=C(Nc1ccccc1N1CCCC1)C1CCCN(C2=NS(=O)(=O)c3ccccc32)C1. The van der Waals surface area contributed by atoms with Crippen molar-refractivity contribution in [3.05, 3.63) is 54.1 Å². The highest BCUT2D eigenvalue weighted by Crippen LogP contribution is 2.32. The monoisotopic (exact) mass is 438 g/mol. The molecular weight excluding hydrogens is 412 g/mol. The average Bonchev–Trinajstić information content (AvgIpc) is 3.41. The standard InChI is InChI=1S/C23H26N4O3S/c28-23(24-19-10-2-3-11-20(19)26-13-5-6-14-26)17-8-7-15-27(16-17)22-18-9-1-4-12-21(18)31(29,30)25-22/h1-4,9-12,17H,5-8,13-16H2,(H,24,28). The first-order valence-electron chi connectivity index (χ1n) is 10.9. The van der Waals surface area contributed by atoms with E-state index >= 15 is 0 Å². The van der Waals surface area contributed by atoms with Crippen LogP contribution in [0.5, 0.6) is 0 Å². The van der Waals surface area contributed by atoms with Gasteiger partial charge in [0.05, 0.1) is 17.3 Å². The zero-order chi connectivity index (χ0) is 21.4. The molecule has 7 nitrogen and oxygen atoms in total. The van der Waals surface area contributed by atoms with Crippen LogP contribution >= 0.6 is 0 Å². The molecule has 1 amide bonds. The third-order valence-corrected chi connectivity index (χ3v) is 7.64. The largest absolute Gasteiger partial charge is 0.370 e. The number of amides is 1. The number of nitrogens with zero attached hydrogens (tertiary/aromatic N) is 3. The lowest BCUT2D eigenvalue weighted by Gasteiger charge is -2.33. The van der Waals surface area contributed by atoms with Crippen LogP contribution < -0.4 is 10.2 Å². The summed E-state index contributed by atoms with van der Waals surface area (Å²) in [6.45, 7) is 3.17. The summed E-state index contributed by atoms with van der Waals surface area (Å²) < 4.78 is 28.9. The highest BCUT2D eigenvalue weighted by Gasteiger charge is 2.35. The zero-order valence-electron chi connectivity index (χ0n) is 17.3. The first-order chi connectivity index (χ1) is 15.0. The number of amidine groups is 1. The lowest BCUT2D eigenvalue weighted by Crippen LogP contribution is -2.43. The Labute approximate surface area is 182 Å². The summed E-state index contributed by atoms with van der Waals surface area (Å²) in [7, 11) is -3.67. The molecule has 5 rings (SSSR count). The Morgan fingerprint density at radius 3 is 2.48 bits per heavy atom. The number of para-hydroxylation sites is 2. The number of piperidine rings is 1. The number of likely N-dealkylation sites (tertiary alicyclic amines) is 1. The van der Waals surface area contributed by atoms with Crippen molar-refractivity contribution in [2.45, 2.75) is 30.6 Å². The quantitative estimate of drug-likeness (QED) is 0.796. The molecule has 162 valence electrons. The first kappa shape index (κ1) is 20.1. The van der Waals surface area contributed by atoms with Gasteiger partial charge in [-0.2, -0.15) is 8.42 Å². The number of rotatable bonds is 3. The Hall–Kier alpha value is -2.87. The van der Waals surface area contributed by atoms with Crippen molar-refractivity contribution in [3.8, 4) is 0 Å². The summed E-state index contributed by atoms with van der Waals surface area (Å²) in [6, 6.07) is 14.9.